The van der Waals surface area contributed by atoms with E-state index in [2.05, 4.69) is 0 Å². The van der Waals surface area contributed by atoms with Crippen LogP contribution in [0.4, 0.5) is 0 Å². The molecule has 2 heteroatoms. The van der Waals surface area contributed by atoms with Crippen molar-refractivity contribution in [2.45, 2.75) is 38.6 Å². The van der Waals surface area contributed by atoms with Crippen LogP contribution in [0.15, 0.2) is 0 Å². The molecule has 0 heterocycles. The molecule has 0 spiro atoms. The minimum Gasteiger partial charge on any atom is -0.325 e. The van der Waals surface area contributed by atoms with Crippen molar-refractivity contribution in [1.29, 1.82) is 0 Å². The van der Waals surface area contributed by atoms with Gasteiger partial charge in [-0.15, -0.1) is 0 Å². The van der Waals surface area contributed by atoms with Crippen molar-refractivity contribution in [1.82, 2.24) is 0 Å². The Labute approximate surface area is 61.8 Å². The maximum absolute atomic E-state index is 11.1. The van der Waals surface area contributed by atoms with Crippen LogP contribution in [0.1, 0.15) is 33.1 Å². The Morgan fingerprint density at radius 1 is 1.70 bits per heavy atom. The molecule has 1 fully saturated rings. The first-order valence-electron chi connectivity index (χ1n) is 3.85. The summed E-state index contributed by atoms with van der Waals surface area (Å²) >= 11 is 0. The number of carbonyl (C=O) groups is 1. The second kappa shape index (κ2) is 2.35. The molecule has 2 N–H and O–H groups in total. The molecule has 0 radical (unpaired) electrons. The average molecular weight is 141 g/mol. The van der Waals surface area contributed by atoms with Crippen LogP contribution >= 0.6 is 0 Å². The van der Waals surface area contributed by atoms with Crippen LogP contribution < -0.4 is 5.73 Å². The van der Waals surface area contributed by atoms with Crippen molar-refractivity contribution in [3.05, 3.63) is 0 Å². The normalized spacial score (nSPS) is 41.9. The van der Waals surface area contributed by atoms with Crippen molar-refractivity contribution in [2.24, 2.45) is 11.7 Å². The topological polar surface area (TPSA) is 43.1 Å². The molecule has 2 unspecified atom stereocenters. The van der Waals surface area contributed by atoms with Crippen LogP contribution in [-0.2, 0) is 4.79 Å². The summed E-state index contributed by atoms with van der Waals surface area (Å²) in [7, 11) is 0. The van der Waals surface area contributed by atoms with Gasteiger partial charge in [0.2, 0.25) is 0 Å². The van der Waals surface area contributed by atoms with E-state index in [4.69, 9.17) is 5.73 Å². The fourth-order valence-electron chi connectivity index (χ4n) is 1.44. The molecule has 2 atom stereocenters. The van der Waals surface area contributed by atoms with Crippen LogP contribution in [-0.4, -0.2) is 11.3 Å². The van der Waals surface area contributed by atoms with Crippen LogP contribution in [0.5, 0.6) is 0 Å². The zero-order chi connectivity index (χ0) is 7.78. The molecular weight excluding hydrogens is 126 g/mol. The quantitative estimate of drug-likeness (QED) is 0.548. The smallest absolute Gasteiger partial charge is 0.137 e. The molecule has 0 saturated heterocycles. The summed E-state index contributed by atoms with van der Waals surface area (Å²) in [4.78, 5) is 11.1. The number of hydrogen-bond acceptors (Lipinski definition) is 2. The molecule has 10 heavy (non-hydrogen) atoms. The molecule has 58 valence electrons. The Bertz CT molecular complexity index is 151. The van der Waals surface area contributed by atoms with Gasteiger partial charge in [-0.25, -0.2) is 0 Å². The van der Waals surface area contributed by atoms with E-state index in [1.807, 2.05) is 13.8 Å². The Balaban J connectivity index is 2.69. The monoisotopic (exact) mass is 141 g/mol. The molecule has 0 aromatic heterocycles. The van der Waals surface area contributed by atoms with Crippen LogP contribution in [0.3, 0.4) is 0 Å². The summed E-state index contributed by atoms with van der Waals surface area (Å²) in [5, 5.41) is 0. The van der Waals surface area contributed by atoms with Crippen molar-refractivity contribution >= 4 is 5.78 Å². The second-order valence-corrected chi connectivity index (χ2v) is 3.55. The van der Waals surface area contributed by atoms with Crippen molar-refractivity contribution in [3.8, 4) is 0 Å². The van der Waals surface area contributed by atoms with Gasteiger partial charge in [0.25, 0.3) is 0 Å². The predicted molar refractivity (Wildman–Crippen MR) is 40.6 cm³/mol. The fourth-order valence-corrected chi connectivity index (χ4v) is 1.44. The van der Waals surface area contributed by atoms with E-state index in [9.17, 15) is 4.79 Å². The van der Waals surface area contributed by atoms with E-state index in [-0.39, 0.29) is 11.5 Å². The van der Waals surface area contributed by atoms with Gasteiger partial charge in [0.1, 0.15) is 5.78 Å². The molecule has 0 amide bonds. The number of Topliss-reactive ketones (excluding diaryl/α,β-unsaturated/α-hetero) is 1. The fraction of sp³-hybridized carbons (Fsp3) is 0.875. The first-order chi connectivity index (χ1) is 4.54. The van der Waals surface area contributed by atoms with E-state index >= 15 is 0 Å². The van der Waals surface area contributed by atoms with Gasteiger partial charge >= 0.3 is 0 Å². The lowest BCUT2D eigenvalue weighted by atomic mass is 9.75. The van der Waals surface area contributed by atoms with Gasteiger partial charge < -0.3 is 5.73 Å². The van der Waals surface area contributed by atoms with E-state index in [1.165, 1.54) is 0 Å². The molecule has 1 saturated carbocycles. The van der Waals surface area contributed by atoms with Crippen molar-refractivity contribution < 1.29 is 4.79 Å². The molecule has 0 aromatic rings. The number of carbonyl (C=O) groups excluding carboxylic acids is 1. The Kier molecular flexibility index (Phi) is 1.82. The van der Waals surface area contributed by atoms with E-state index in [0.29, 0.717) is 5.78 Å². The highest BCUT2D eigenvalue weighted by Gasteiger charge is 2.34. The Morgan fingerprint density at radius 3 is 2.70 bits per heavy atom. The lowest BCUT2D eigenvalue weighted by Crippen LogP contribution is -2.48. The predicted octanol–water partition coefficient (Wildman–Crippen LogP) is 1.09. The van der Waals surface area contributed by atoms with Gasteiger partial charge in [0.15, 0.2) is 0 Å². The largest absolute Gasteiger partial charge is 0.325 e. The van der Waals surface area contributed by atoms with Gasteiger partial charge in [0, 0.05) is 17.9 Å². The van der Waals surface area contributed by atoms with E-state index in [0.717, 1.165) is 19.3 Å². The highest BCUT2D eigenvalue weighted by molar-refractivity contribution is 5.82. The standard InChI is InChI=1S/C8H15NO/c1-6-7(10)4-3-5-8(6,2)9/h6H,3-5,9H2,1-2H3. The zero-order valence-corrected chi connectivity index (χ0v) is 6.68. The maximum atomic E-state index is 11.1. The Morgan fingerprint density at radius 2 is 2.30 bits per heavy atom. The summed E-state index contributed by atoms with van der Waals surface area (Å²) in [6.45, 7) is 3.90. The van der Waals surface area contributed by atoms with E-state index < -0.39 is 0 Å². The highest BCUT2D eigenvalue weighted by atomic mass is 16.1. The number of ketones is 1. The number of nitrogens with two attached hydrogens (primary N) is 1. The minimum absolute atomic E-state index is 0.0567. The minimum atomic E-state index is -0.241. The van der Waals surface area contributed by atoms with Gasteiger partial charge in [-0.1, -0.05) is 6.92 Å². The van der Waals surface area contributed by atoms with Crippen LogP contribution in [0.25, 0.3) is 0 Å². The Hall–Kier alpha value is -0.370. The molecule has 0 aliphatic heterocycles. The summed E-state index contributed by atoms with van der Waals surface area (Å²) in [5.41, 5.74) is 5.65. The zero-order valence-electron chi connectivity index (χ0n) is 6.68. The summed E-state index contributed by atoms with van der Waals surface area (Å²) in [6.07, 6.45) is 2.68. The lowest BCUT2D eigenvalue weighted by molar-refractivity contribution is -0.126. The van der Waals surface area contributed by atoms with Gasteiger partial charge in [-0.05, 0) is 19.8 Å². The SMILES string of the molecule is CC1C(=O)CCCC1(C)N. The van der Waals surface area contributed by atoms with Crippen LogP contribution in [0.2, 0.25) is 0 Å². The van der Waals surface area contributed by atoms with Gasteiger partial charge in [-0.2, -0.15) is 0 Å². The molecule has 1 aliphatic rings. The van der Waals surface area contributed by atoms with E-state index in [1.54, 1.807) is 0 Å². The third-order valence-corrected chi connectivity index (χ3v) is 2.61. The number of rotatable bonds is 0. The first-order valence-corrected chi connectivity index (χ1v) is 3.85. The van der Waals surface area contributed by atoms with Crippen molar-refractivity contribution in [3.63, 3.8) is 0 Å². The summed E-state index contributed by atoms with van der Waals surface area (Å²) in [6, 6.07) is 0. The first kappa shape index (κ1) is 7.73. The lowest BCUT2D eigenvalue weighted by Gasteiger charge is -2.34. The highest BCUT2D eigenvalue weighted by Crippen LogP contribution is 2.28. The second-order valence-electron chi connectivity index (χ2n) is 3.55. The summed E-state index contributed by atoms with van der Waals surface area (Å²) in [5.74, 6) is 0.387. The third-order valence-electron chi connectivity index (χ3n) is 2.61. The average Bonchev–Trinajstić information content (AvgIpc) is 1.83. The van der Waals surface area contributed by atoms with Crippen molar-refractivity contribution in [2.75, 3.05) is 0 Å². The van der Waals surface area contributed by atoms with Gasteiger partial charge in [0.05, 0.1) is 0 Å². The maximum Gasteiger partial charge on any atom is 0.137 e. The molecule has 2 nitrogen and oxygen atoms in total. The third kappa shape index (κ3) is 1.21. The number of hydrogen-bond donors (Lipinski definition) is 1. The van der Waals surface area contributed by atoms with Gasteiger partial charge in [-0.3, -0.25) is 4.79 Å². The summed E-state index contributed by atoms with van der Waals surface area (Å²) < 4.78 is 0. The molecular formula is C8H15NO. The molecule has 1 aliphatic carbocycles. The van der Waals surface area contributed by atoms with Crippen LogP contribution in [0, 0.1) is 5.92 Å². The molecule has 0 bridgehead atoms. The molecule has 0 aromatic carbocycles. The molecule has 1 rings (SSSR count).